The number of nitrogens with zero attached hydrogens (tertiary/aromatic N) is 4. The van der Waals surface area contributed by atoms with Gasteiger partial charge in [0, 0.05) is 18.7 Å². The molecule has 1 aliphatic rings. The molecule has 0 spiro atoms. The van der Waals surface area contributed by atoms with Crippen molar-refractivity contribution in [1.82, 2.24) is 19.5 Å². The van der Waals surface area contributed by atoms with Crippen molar-refractivity contribution >= 4 is 5.65 Å². The Morgan fingerprint density at radius 2 is 2.26 bits per heavy atom. The number of likely N-dealkylation sites (N-methyl/N-ethyl adjacent to an activating group) is 1. The first-order valence-electron chi connectivity index (χ1n) is 7.32. The van der Waals surface area contributed by atoms with Crippen LogP contribution in [0.25, 0.3) is 5.65 Å². The summed E-state index contributed by atoms with van der Waals surface area (Å²) in [6.45, 7) is 6.71. The summed E-state index contributed by atoms with van der Waals surface area (Å²) in [7, 11) is 0. The number of likely N-dealkylation sites (tertiary alicyclic amines) is 1. The maximum atomic E-state index is 4.66. The van der Waals surface area contributed by atoms with Crippen LogP contribution >= 0.6 is 0 Å². The van der Waals surface area contributed by atoms with Crippen LogP contribution in [0.15, 0.2) is 18.3 Å². The van der Waals surface area contributed by atoms with E-state index in [1.807, 2.05) is 10.7 Å². The molecule has 3 heterocycles. The fourth-order valence-corrected chi connectivity index (χ4v) is 3.03. The summed E-state index contributed by atoms with van der Waals surface area (Å²) in [6.07, 6.45) is 6.94. The highest BCUT2D eigenvalue weighted by molar-refractivity contribution is 5.40. The number of fused-ring (bicyclic) bond motifs is 1. The van der Waals surface area contributed by atoms with Gasteiger partial charge in [-0.15, -0.1) is 0 Å². The molecule has 3 rings (SSSR count). The quantitative estimate of drug-likeness (QED) is 0.848. The maximum Gasteiger partial charge on any atom is 0.155 e. The van der Waals surface area contributed by atoms with Crippen LogP contribution in [0.2, 0.25) is 0 Å². The smallest absolute Gasteiger partial charge is 0.155 e. The maximum absolute atomic E-state index is 4.66. The van der Waals surface area contributed by atoms with Crippen molar-refractivity contribution in [2.24, 2.45) is 0 Å². The minimum absolute atomic E-state index is 0.622. The summed E-state index contributed by atoms with van der Waals surface area (Å²) in [5, 5.41) is 4.60. The van der Waals surface area contributed by atoms with E-state index in [0.29, 0.717) is 6.04 Å². The average molecular weight is 258 g/mol. The van der Waals surface area contributed by atoms with Crippen LogP contribution in [0, 0.1) is 6.92 Å². The molecule has 4 heteroatoms. The van der Waals surface area contributed by atoms with E-state index in [-0.39, 0.29) is 0 Å². The third-order valence-corrected chi connectivity index (χ3v) is 4.11. The zero-order valence-electron chi connectivity index (χ0n) is 11.8. The minimum Gasteiger partial charge on any atom is -0.300 e. The zero-order valence-corrected chi connectivity index (χ0v) is 11.8. The van der Waals surface area contributed by atoms with Gasteiger partial charge in [0.2, 0.25) is 0 Å². The summed E-state index contributed by atoms with van der Waals surface area (Å²) in [4.78, 5) is 7.23. The molecule has 2 aromatic rings. The van der Waals surface area contributed by atoms with Crippen LogP contribution in [0.1, 0.15) is 37.6 Å². The molecule has 102 valence electrons. The number of aryl methyl sites for hydroxylation is 1. The van der Waals surface area contributed by atoms with Crippen molar-refractivity contribution in [2.75, 3.05) is 13.1 Å². The Morgan fingerprint density at radius 1 is 1.37 bits per heavy atom. The molecule has 0 aromatic carbocycles. The van der Waals surface area contributed by atoms with Crippen molar-refractivity contribution in [1.29, 1.82) is 0 Å². The highest BCUT2D eigenvalue weighted by Gasteiger charge is 2.22. The Kier molecular flexibility index (Phi) is 3.51. The minimum atomic E-state index is 0.622. The van der Waals surface area contributed by atoms with E-state index in [1.165, 1.54) is 31.4 Å². The molecule has 19 heavy (non-hydrogen) atoms. The molecule has 2 aromatic heterocycles. The molecule has 0 bridgehead atoms. The second kappa shape index (κ2) is 5.29. The molecule has 0 aliphatic carbocycles. The van der Waals surface area contributed by atoms with E-state index in [0.717, 1.165) is 24.4 Å². The Balaban J connectivity index is 1.80. The zero-order chi connectivity index (χ0) is 13.2. The van der Waals surface area contributed by atoms with E-state index in [1.54, 1.807) is 0 Å². The van der Waals surface area contributed by atoms with Crippen LogP contribution in [-0.2, 0) is 6.42 Å². The van der Waals surface area contributed by atoms with Gasteiger partial charge < -0.3 is 4.90 Å². The van der Waals surface area contributed by atoms with Crippen molar-refractivity contribution in [3.63, 3.8) is 0 Å². The van der Waals surface area contributed by atoms with Gasteiger partial charge in [-0.25, -0.2) is 9.50 Å². The van der Waals surface area contributed by atoms with Crippen molar-refractivity contribution in [3.05, 3.63) is 29.7 Å². The number of aromatic nitrogens is 3. The molecule has 4 nitrogen and oxygen atoms in total. The van der Waals surface area contributed by atoms with Gasteiger partial charge in [0.05, 0.1) is 0 Å². The van der Waals surface area contributed by atoms with Gasteiger partial charge in [-0.1, -0.05) is 13.3 Å². The molecule has 1 aliphatic heterocycles. The molecule has 1 fully saturated rings. The fourth-order valence-electron chi connectivity index (χ4n) is 3.03. The molecule has 1 atom stereocenters. The fraction of sp³-hybridized carbons (Fsp3) is 0.600. The van der Waals surface area contributed by atoms with E-state index in [9.17, 15) is 0 Å². The van der Waals surface area contributed by atoms with Gasteiger partial charge in [-0.05, 0) is 50.6 Å². The molecule has 0 amide bonds. The number of rotatable bonds is 3. The first-order valence-corrected chi connectivity index (χ1v) is 7.32. The summed E-state index contributed by atoms with van der Waals surface area (Å²) in [5.41, 5.74) is 2.20. The van der Waals surface area contributed by atoms with Gasteiger partial charge >= 0.3 is 0 Å². The van der Waals surface area contributed by atoms with Crippen LogP contribution < -0.4 is 0 Å². The Hall–Kier alpha value is -1.42. The molecule has 0 saturated carbocycles. The summed E-state index contributed by atoms with van der Waals surface area (Å²) in [5.74, 6) is 0.982. The second-order valence-corrected chi connectivity index (χ2v) is 5.52. The highest BCUT2D eigenvalue weighted by atomic mass is 15.3. The van der Waals surface area contributed by atoms with E-state index in [2.05, 4.69) is 41.0 Å². The number of hydrogen-bond donors (Lipinski definition) is 0. The van der Waals surface area contributed by atoms with E-state index in [4.69, 9.17) is 0 Å². The van der Waals surface area contributed by atoms with Crippen LogP contribution in [0.5, 0.6) is 0 Å². The SMILES string of the molecule is CCN1CCCCC1Cc1nc2cc(C)ccn2n1. The van der Waals surface area contributed by atoms with Crippen molar-refractivity contribution in [3.8, 4) is 0 Å². The molecular formula is C15H22N4. The van der Waals surface area contributed by atoms with Crippen molar-refractivity contribution in [2.45, 2.75) is 45.6 Å². The Morgan fingerprint density at radius 3 is 3.11 bits per heavy atom. The molecule has 1 unspecified atom stereocenters. The lowest BCUT2D eigenvalue weighted by Gasteiger charge is -2.34. The van der Waals surface area contributed by atoms with Crippen LogP contribution in [0.3, 0.4) is 0 Å². The number of hydrogen-bond acceptors (Lipinski definition) is 3. The third kappa shape index (κ3) is 2.63. The predicted molar refractivity (Wildman–Crippen MR) is 76.3 cm³/mol. The molecule has 1 saturated heterocycles. The normalized spacial score (nSPS) is 21.1. The summed E-state index contributed by atoms with van der Waals surface area (Å²) in [6, 6.07) is 4.79. The van der Waals surface area contributed by atoms with Gasteiger partial charge in [0.15, 0.2) is 11.5 Å². The Bertz CT molecular complexity index is 560. The topological polar surface area (TPSA) is 33.4 Å². The van der Waals surface area contributed by atoms with Crippen LogP contribution in [0.4, 0.5) is 0 Å². The second-order valence-electron chi connectivity index (χ2n) is 5.52. The average Bonchev–Trinajstić information content (AvgIpc) is 2.80. The van der Waals surface area contributed by atoms with E-state index < -0.39 is 0 Å². The number of pyridine rings is 1. The van der Waals surface area contributed by atoms with Crippen molar-refractivity contribution < 1.29 is 0 Å². The lowest BCUT2D eigenvalue weighted by molar-refractivity contribution is 0.154. The largest absolute Gasteiger partial charge is 0.300 e. The van der Waals surface area contributed by atoms with Crippen LogP contribution in [-0.4, -0.2) is 38.6 Å². The van der Waals surface area contributed by atoms with Gasteiger partial charge in [-0.2, -0.15) is 5.10 Å². The molecular weight excluding hydrogens is 236 g/mol. The highest BCUT2D eigenvalue weighted by Crippen LogP contribution is 2.19. The third-order valence-electron chi connectivity index (χ3n) is 4.11. The summed E-state index contributed by atoms with van der Waals surface area (Å²) < 4.78 is 1.89. The lowest BCUT2D eigenvalue weighted by Crippen LogP contribution is -2.40. The first kappa shape index (κ1) is 12.6. The monoisotopic (exact) mass is 258 g/mol. The van der Waals surface area contributed by atoms with Gasteiger partial charge in [0.1, 0.15) is 0 Å². The number of piperidine rings is 1. The standard InChI is InChI=1S/C15H22N4/c1-3-18-8-5-4-6-13(18)11-14-16-15-10-12(2)7-9-19(15)17-14/h7,9-10,13H,3-6,8,11H2,1-2H3. The lowest BCUT2D eigenvalue weighted by atomic mass is 9.99. The molecule has 0 radical (unpaired) electrons. The predicted octanol–water partition coefficient (Wildman–Crippen LogP) is 2.45. The van der Waals surface area contributed by atoms with Gasteiger partial charge in [0.25, 0.3) is 0 Å². The van der Waals surface area contributed by atoms with Gasteiger partial charge in [-0.3, -0.25) is 0 Å². The van der Waals surface area contributed by atoms with E-state index >= 15 is 0 Å². The summed E-state index contributed by atoms with van der Waals surface area (Å²) >= 11 is 0. The Labute approximate surface area is 114 Å². The first-order chi connectivity index (χ1) is 9.26. The molecule has 0 N–H and O–H groups in total.